The molecule has 44 heavy (non-hydrogen) atoms. The fourth-order valence-electron chi connectivity index (χ4n) is 4.48. The van der Waals surface area contributed by atoms with Gasteiger partial charge < -0.3 is 14.5 Å². The van der Waals surface area contributed by atoms with Gasteiger partial charge in [-0.15, -0.1) is 0 Å². The monoisotopic (exact) mass is 671 g/mol. The Balaban J connectivity index is 1.43. The Bertz CT molecular complexity index is 2160. The highest BCUT2D eigenvalue weighted by Crippen LogP contribution is 2.34. The van der Waals surface area contributed by atoms with Gasteiger partial charge in [0.2, 0.25) is 11.6 Å². The first-order chi connectivity index (χ1) is 21.3. The first-order valence-electron chi connectivity index (χ1n) is 13.0. The van der Waals surface area contributed by atoms with Crippen LogP contribution in [0.2, 0.25) is 5.02 Å². The van der Waals surface area contributed by atoms with Gasteiger partial charge in [-0.3, -0.25) is 19.7 Å². The van der Waals surface area contributed by atoms with E-state index < -0.39 is 28.7 Å². The number of rotatable bonds is 8. The maximum absolute atomic E-state index is 13.7. The number of hydrogen-bond donors (Lipinski definition) is 1. The predicted octanol–water partition coefficient (Wildman–Crippen LogP) is 7.03. The molecule has 0 aliphatic heterocycles. The summed E-state index contributed by atoms with van der Waals surface area (Å²) in [4.78, 5) is 42.1. The Morgan fingerprint density at radius 3 is 2.66 bits per heavy atom. The number of amides is 1. The number of aromatic nitrogens is 2. The van der Waals surface area contributed by atoms with Crippen molar-refractivity contribution in [3.05, 3.63) is 127 Å². The zero-order chi connectivity index (χ0) is 30.8. The smallest absolute Gasteiger partial charge is 0.313 e. The average Bonchev–Trinajstić information content (AvgIpc) is 3.43. The maximum Gasteiger partial charge on any atom is 0.313 e. The minimum absolute atomic E-state index is 0.0197. The fourth-order valence-corrected chi connectivity index (χ4v) is 5.08. The van der Waals surface area contributed by atoms with Gasteiger partial charge in [0.25, 0.3) is 11.5 Å². The number of furan rings is 1. The lowest BCUT2D eigenvalue weighted by Crippen LogP contribution is -2.21. The van der Waals surface area contributed by atoms with Crippen LogP contribution in [-0.4, -0.2) is 33.3 Å². The summed E-state index contributed by atoms with van der Waals surface area (Å²) < 4.78 is 13.5. The number of halogens is 2. The van der Waals surface area contributed by atoms with Crippen molar-refractivity contribution in [1.29, 1.82) is 0 Å². The highest BCUT2D eigenvalue weighted by Gasteiger charge is 2.22. The van der Waals surface area contributed by atoms with E-state index >= 15 is 0 Å². The quantitative estimate of drug-likeness (QED) is 0.104. The lowest BCUT2D eigenvalue weighted by Gasteiger charge is -2.11. The van der Waals surface area contributed by atoms with Crippen molar-refractivity contribution in [3.63, 3.8) is 0 Å². The minimum atomic E-state index is -0.685. The summed E-state index contributed by atoms with van der Waals surface area (Å²) in [5, 5.41) is 20.0. The second-order valence-corrected chi connectivity index (χ2v) is 10.8. The van der Waals surface area contributed by atoms with Crippen LogP contribution in [0.1, 0.15) is 5.56 Å². The van der Waals surface area contributed by atoms with Crippen LogP contribution in [0.25, 0.3) is 33.5 Å². The highest BCUT2D eigenvalue weighted by atomic mass is 79.9. The van der Waals surface area contributed by atoms with Crippen molar-refractivity contribution in [2.24, 2.45) is 5.10 Å². The molecule has 0 unspecified atom stereocenters. The van der Waals surface area contributed by atoms with Gasteiger partial charge in [-0.2, -0.15) is 9.78 Å². The summed E-state index contributed by atoms with van der Waals surface area (Å²) in [6.07, 6.45) is 1.18. The van der Waals surface area contributed by atoms with Crippen molar-refractivity contribution in [1.82, 2.24) is 9.66 Å². The Morgan fingerprint density at radius 1 is 1.09 bits per heavy atom. The first kappa shape index (κ1) is 28.8. The molecular weight excluding hydrogens is 654 g/mol. The third-order valence-corrected chi connectivity index (χ3v) is 7.14. The molecule has 13 heteroatoms. The molecule has 4 aromatic carbocycles. The van der Waals surface area contributed by atoms with E-state index in [9.17, 15) is 19.7 Å². The summed E-state index contributed by atoms with van der Waals surface area (Å²) >= 11 is 9.65. The number of ether oxygens (including phenoxy) is 1. The van der Waals surface area contributed by atoms with E-state index in [2.05, 4.69) is 31.3 Å². The molecule has 0 bridgehead atoms. The zero-order valence-electron chi connectivity index (χ0n) is 22.4. The molecule has 218 valence electrons. The van der Waals surface area contributed by atoms with Crippen LogP contribution >= 0.6 is 27.5 Å². The molecular formula is C31H19BrClN5O6. The van der Waals surface area contributed by atoms with E-state index in [0.29, 0.717) is 22.2 Å². The molecule has 2 aromatic heterocycles. The molecule has 6 rings (SSSR count). The number of nitrogens with one attached hydrogen (secondary N) is 1. The molecule has 1 N–H and O–H groups in total. The number of carbonyl (C=O) groups is 1. The molecule has 0 aliphatic rings. The van der Waals surface area contributed by atoms with Crippen LogP contribution in [-0.2, 0) is 4.79 Å². The summed E-state index contributed by atoms with van der Waals surface area (Å²) in [5.74, 6) is -0.442. The summed E-state index contributed by atoms with van der Waals surface area (Å²) in [6, 6.07) is 25.1. The maximum atomic E-state index is 13.7. The number of nitrogens with zero attached hydrogens (tertiary/aromatic N) is 4. The van der Waals surface area contributed by atoms with Crippen LogP contribution in [0.4, 0.5) is 11.4 Å². The third-order valence-electron chi connectivity index (χ3n) is 6.43. The number of nitro groups is 1. The van der Waals surface area contributed by atoms with Crippen molar-refractivity contribution in [2.45, 2.75) is 0 Å². The van der Waals surface area contributed by atoms with Gasteiger partial charge in [-0.25, -0.2) is 4.98 Å². The van der Waals surface area contributed by atoms with E-state index in [1.165, 1.54) is 12.3 Å². The van der Waals surface area contributed by atoms with Gasteiger partial charge >= 0.3 is 5.69 Å². The summed E-state index contributed by atoms with van der Waals surface area (Å²) in [6.45, 7) is -0.546. The number of benzene rings is 4. The van der Waals surface area contributed by atoms with Crippen molar-refractivity contribution >= 4 is 72.9 Å². The van der Waals surface area contributed by atoms with Gasteiger partial charge in [0.05, 0.1) is 22.0 Å². The van der Waals surface area contributed by atoms with Crippen LogP contribution < -0.4 is 15.6 Å². The molecule has 0 fully saturated rings. The van der Waals surface area contributed by atoms with Crippen molar-refractivity contribution < 1.29 is 18.9 Å². The Hall–Kier alpha value is -5.33. The molecule has 0 spiro atoms. The molecule has 6 aromatic rings. The van der Waals surface area contributed by atoms with Crippen LogP contribution in [0.3, 0.4) is 0 Å². The summed E-state index contributed by atoms with van der Waals surface area (Å²) in [5.41, 5.74) is 0.574. The second-order valence-electron chi connectivity index (χ2n) is 9.41. The highest BCUT2D eigenvalue weighted by molar-refractivity contribution is 9.10. The lowest BCUT2D eigenvalue weighted by molar-refractivity contribution is -0.385. The molecule has 0 radical (unpaired) electrons. The Labute approximate surface area is 261 Å². The first-order valence-corrected chi connectivity index (χ1v) is 14.1. The Kier molecular flexibility index (Phi) is 7.92. The fraction of sp³-hybridized carbons (Fsp3) is 0.0323. The minimum Gasteiger partial charge on any atom is -0.476 e. The van der Waals surface area contributed by atoms with E-state index in [0.717, 1.165) is 20.6 Å². The van der Waals surface area contributed by atoms with E-state index in [-0.39, 0.29) is 27.9 Å². The van der Waals surface area contributed by atoms with Crippen molar-refractivity contribution in [3.8, 4) is 17.3 Å². The van der Waals surface area contributed by atoms with E-state index in [4.69, 9.17) is 20.8 Å². The van der Waals surface area contributed by atoms with Gasteiger partial charge in [0, 0.05) is 32.2 Å². The number of para-hydroxylation sites is 2. The van der Waals surface area contributed by atoms with E-state index in [1.54, 1.807) is 66.7 Å². The van der Waals surface area contributed by atoms with Gasteiger partial charge in [-0.05, 0) is 54.6 Å². The van der Waals surface area contributed by atoms with E-state index in [1.807, 2.05) is 12.1 Å². The topological polar surface area (TPSA) is 142 Å². The standard InChI is InChI=1S/C31H19BrClN5O6/c32-20-10-11-26-18(12-20)14-27(44-26)30-36-24-9-5-4-8-23(24)31(40)37(30)34-16-19-13-21(33)15-25(38(41)42)29(19)43-17-28(39)35-22-6-2-1-3-7-22/h1-16H,17H2,(H,35,39). The third kappa shape index (κ3) is 5.93. The van der Waals surface area contributed by atoms with Gasteiger partial charge in [0.1, 0.15) is 5.58 Å². The van der Waals surface area contributed by atoms with Gasteiger partial charge in [0.15, 0.2) is 12.4 Å². The molecule has 0 atom stereocenters. The molecule has 0 saturated heterocycles. The van der Waals surface area contributed by atoms with Crippen LogP contribution in [0.15, 0.2) is 110 Å². The lowest BCUT2D eigenvalue weighted by atomic mass is 10.2. The SMILES string of the molecule is O=C(COc1c(C=Nn2c(-c3cc4cc(Br)ccc4o3)nc3ccccc3c2=O)cc(Cl)cc1[N+](=O)[O-])Nc1ccccc1. The molecule has 1 amide bonds. The number of carbonyl (C=O) groups excluding carboxylic acids is 1. The van der Waals surface area contributed by atoms with Gasteiger partial charge in [-0.1, -0.05) is 57.9 Å². The Morgan fingerprint density at radius 2 is 1.86 bits per heavy atom. The largest absolute Gasteiger partial charge is 0.476 e. The molecule has 11 nitrogen and oxygen atoms in total. The number of anilines is 1. The number of nitro benzene ring substituents is 1. The number of fused-ring (bicyclic) bond motifs is 2. The van der Waals surface area contributed by atoms with Crippen molar-refractivity contribution in [2.75, 3.05) is 11.9 Å². The second kappa shape index (κ2) is 12.1. The average molecular weight is 673 g/mol. The van der Waals surface area contributed by atoms with Crippen LogP contribution in [0.5, 0.6) is 5.75 Å². The molecule has 0 saturated carbocycles. The molecule has 0 aliphatic carbocycles. The normalized spacial score (nSPS) is 11.3. The zero-order valence-corrected chi connectivity index (χ0v) is 24.8. The molecule has 2 heterocycles. The summed E-state index contributed by atoms with van der Waals surface area (Å²) in [7, 11) is 0. The predicted molar refractivity (Wildman–Crippen MR) is 171 cm³/mol. The van der Waals surface area contributed by atoms with Crippen LogP contribution in [0, 0.1) is 10.1 Å². The number of hydrogen-bond acceptors (Lipinski definition) is 8.